The molecule has 1 unspecified atom stereocenters. The minimum atomic E-state index is 0.332. The van der Waals surface area contributed by atoms with Crippen LogP contribution >= 0.6 is 0 Å². The molecule has 0 amide bonds. The largest absolute Gasteiger partial charge is 0.422 e. The van der Waals surface area contributed by atoms with E-state index >= 15 is 0 Å². The highest BCUT2D eigenvalue weighted by molar-refractivity contribution is 5.98. The van der Waals surface area contributed by atoms with Gasteiger partial charge in [-0.15, -0.1) is 6.58 Å². The Kier molecular flexibility index (Phi) is 6.97. The van der Waals surface area contributed by atoms with E-state index in [1.54, 1.807) is 0 Å². The first-order valence-corrected chi connectivity index (χ1v) is 4.82. The second kappa shape index (κ2) is 7.03. The topological polar surface area (TPSA) is 9.23 Å². The molecule has 0 fully saturated rings. The van der Waals surface area contributed by atoms with E-state index in [-0.39, 0.29) is 0 Å². The summed E-state index contributed by atoms with van der Waals surface area (Å²) in [6.07, 6.45) is 7.26. The summed E-state index contributed by atoms with van der Waals surface area (Å²) in [5.41, 5.74) is 0. The summed E-state index contributed by atoms with van der Waals surface area (Å²) in [6, 6.07) is 0. The fourth-order valence-electron chi connectivity index (χ4n) is 0.927. The molecule has 2 heteroatoms. The van der Waals surface area contributed by atoms with Gasteiger partial charge in [0.2, 0.25) is 0 Å². The van der Waals surface area contributed by atoms with Crippen LogP contribution in [0.4, 0.5) is 0 Å². The van der Waals surface area contributed by atoms with Crippen LogP contribution in [0.1, 0.15) is 32.6 Å². The molecule has 0 rings (SSSR count). The molecule has 0 radical (unpaired) electrons. The Hall–Kier alpha value is -0.0831. The van der Waals surface area contributed by atoms with Gasteiger partial charge in [-0.2, -0.15) is 0 Å². The third-order valence-corrected chi connectivity index (χ3v) is 2.26. The summed E-state index contributed by atoms with van der Waals surface area (Å²) in [6.45, 7) is 5.92. The summed E-state index contributed by atoms with van der Waals surface area (Å²) >= 11 is 0. The van der Waals surface area contributed by atoms with E-state index in [4.69, 9.17) is 4.43 Å². The standard InChI is InChI=1S/C8H18OSi/c1-3-5-6-7-8(4-2)9-10/h4,8H,2-3,5-7H2,1,10H3. The van der Waals surface area contributed by atoms with E-state index in [0.29, 0.717) is 6.10 Å². The van der Waals surface area contributed by atoms with Crippen molar-refractivity contribution in [1.82, 2.24) is 0 Å². The van der Waals surface area contributed by atoms with Crippen molar-refractivity contribution in [1.29, 1.82) is 0 Å². The first kappa shape index (κ1) is 9.92. The van der Waals surface area contributed by atoms with Crippen LogP contribution in [0.2, 0.25) is 0 Å². The summed E-state index contributed by atoms with van der Waals surface area (Å²) in [5, 5.41) is 0. The van der Waals surface area contributed by atoms with Crippen LogP contribution in [0.15, 0.2) is 12.7 Å². The lowest BCUT2D eigenvalue weighted by molar-refractivity contribution is 0.257. The lowest BCUT2D eigenvalue weighted by Gasteiger charge is -2.09. The van der Waals surface area contributed by atoms with Gasteiger partial charge in [0.25, 0.3) is 0 Å². The summed E-state index contributed by atoms with van der Waals surface area (Å²) in [5.74, 6) is 0. The van der Waals surface area contributed by atoms with Gasteiger partial charge in [0, 0.05) is 0 Å². The van der Waals surface area contributed by atoms with Crippen LogP contribution in [-0.4, -0.2) is 16.6 Å². The molecule has 0 aliphatic rings. The van der Waals surface area contributed by atoms with Gasteiger partial charge in [-0.25, -0.2) is 0 Å². The smallest absolute Gasteiger partial charge is 0.146 e. The Morgan fingerprint density at radius 3 is 2.70 bits per heavy atom. The summed E-state index contributed by atoms with van der Waals surface area (Å²) in [7, 11) is 0.829. The van der Waals surface area contributed by atoms with Gasteiger partial charge >= 0.3 is 0 Å². The van der Waals surface area contributed by atoms with Crippen molar-refractivity contribution in [3.63, 3.8) is 0 Å². The Morgan fingerprint density at radius 1 is 1.60 bits per heavy atom. The highest BCUT2D eigenvalue weighted by Gasteiger charge is 1.98. The second-order valence-corrected chi connectivity index (χ2v) is 2.98. The average Bonchev–Trinajstić information content (AvgIpc) is 1.99. The SMILES string of the molecule is C=CC(CCCCC)O[SiH3]. The third kappa shape index (κ3) is 4.76. The molecule has 0 saturated carbocycles. The molecule has 0 aliphatic heterocycles. The molecule has 10 heavy (non-hydrogen) atoms. The van der Waals surface area contributed by atoms with Gasteiger partial charge in [-0.1, -0.05) is 32.3 Å². The van der Waals surface area contributed by atoms with Crippen molar-refractivity contribution in [2.45, 2.75) is 38.7 Å². The molecular formula is C8H18OSi. The van der Waals surface area contributed by atoms with E-state index in [2.05, 4.69) is 13.5 Å². The monoisotopic (exact) mass is 158 g/mol. The molecule has 0 aromatic rings. The highest BCUT2D eigenvalue weighted by Crippen LogP contribution is 2.05. The zero-order chi connectivity index (χ0) is 7.82. The number of unbranched alkanes of at least 4 members (excludes halogenated alkanes) is 2. The number of hydrogen-bond acceptors (Lipinski definition) is 1. The van der Waals surface area contributed by atoms with Crippen molar-refractivity contribution in [3.05, 3.63) is 12.7 Å². The van der Waals surface area contributed by atoms with Gasteiger partial charge in [0.1, 0.15) is 10.5 Å². The molecule has 0 bridgehead atoms. The van der Waals surface area contributed by atoms with Crippen LogP contribution in [0.25, 0.3) is 0 Å². The normalized spacial score (nSPS) is 13.3. The zero-order valence-corrected chi connectivity index (χ0v) is 9.10. The highest BCUT2D eigenvalue weighted by atomic mass is 28.2. The number of hydrogen-bond donors (Lipinski definition) is 0. The molecule has 0 aromatic heterocycles. The summed E-state index contributed by atoms with van der Waals surface area (Å²) in [4.78, 5) is 0. The van der Waals surface area contributed by atoms with Crippen LogP contribution in [0.5, 0.6) is 0 Å². The van der Waals surface area contributed by atoms with Crippen LogP contribution in [0.3, 0.4) is 0 Å². The molecule has 0 aliphatic carbocycles. The predicted molar refractivity (Wildman–Crippen MR) is 49.2 cm³/mol. The van der Waals surface area contributed by atoms with E-state index in [1.807, 2.05) is 6.08 Å². The fourth-order valence-corrected chi connectivity index (χ4v) is 1.36. The Balaban J connectivity index is 3.17. The molecule has 1 atom stereocenters. The van der Waals surface area contributed by atoms with Crippen molar-refractivity contribution >= 4 is 10.5 Å². The van der Waals surface area contributed by atoms with Crippen LogP contribution in [-0.2, 0) is 4.43 Å². The Bertz CT molecular complexity index is 83.3. The minimum absolute atomic E-state index is 0.332. The van der Waals surface area contributed by atoms with E-state index in [0.717, 1.165) is 16.9 Å². The third-order valence-electron chi connectivity index (χ3n) is 1.66. The maximum absolute atomic E-state index is 5.27. The quantitative estimate of drug-likeness (QED) is 0.323. The molecular weight excluding hydrogens is 140 g/mol. The minimum Gasteiger partial charge on any atom is -0.422 e. The van der Waals surface area contributed by atoms with Crippen molar-refractivity contribution in [2.75, 3.05) is 0 Å². The van der Waals surface area contributed by atoms with E-state index < -0.39 is 0 Å². The molecule has 0 heterocycles. The van der Waals surface area contributed by atoms with E-state index in [9.17, 15) is 0 Å². The molecule has 60 valence electrons. The predicted octanol–water partition coefficient (Wildman–Crippen LogP) is 1.42. The Morgan fingerprint density at radius 2 is 2.30 bits per heavy atom. The van der Waals surface area contributed by atoms with E-state index in [1.165, 1.54) is 19.3 Å². The molecule has 0 aromatic carbocycles. The number of rotatable bonds is 6. The lowest BCUT2D eigenvalue weighted by atomic mass is 10.1. The van der Waals surface area contributed by atoms with Crippen LogP contribution in [0, 0.1) is 0 Å². The molecule has 1 nitrogen and oxygen atoms in total. The van der Waals surface area contributed by atoms with Crippen molar-refractivity contribution in [3.8, 4) is 0 Å². The molecule has 0 N–H and O–H groups in total. The van der Waals surface area contributed by atoms with Gasteiger partial charge < -0.3 is 4.43 Å². The molecule has 0 saturated heterocycles. The lowest BCUT2D eigenvalue weighted by Crippen LogP contribution is -2.06. The van der Waals surface area contributed by atoms with Crippen molar-refractivity contribution < 1.29 is 4.43 Å². The fraction of sp³-hybridized carbons (Fsp3) is 0.750. The first-order valence-electron chi connectivity index (χ1n) is 4.00. The van der Waals surface area contributed by atoms with Crippen molar-refractivity contribution in [2.24, 2.45) is 0 Å². The zero-order valence-electron chi connectivity index (χ0n) is 7.10. The molecule has 0 spiro atoms. The van der Waals surface area contributed by atoms with Gasteiger partial charge in [-0.05, 0) is 6.42 Å². The maximum Gasteiger partial charge on any atom is 0.146 e. The maximum atomic E-state index is 5.27. The average molecular weight is 158 g/mol. The second-order valence-electron chi connectivity index (χ2n) is 2.51. The van der Waals surface area contributed by atoms with Gasteiger partial charge in [-0.3, -0.25) is 0 Å². The van der Waals surface area contributed by atoms with Gasteiger partial charge in [0.15, 0.2) is 0 Å². The Labute approximate surface area is 67.0 Å². The van der Waals surface area contributed by atoms with Crippen LogP contribution < -0.4 is 0 Å². The first-order chi connectivity index (χ1) is 4.85. The van der Waals surface area contributed by atoms with Gasteiger partial charge in [0.05, 0.1) is 6.10 Å². The summed E-state index contributed by atoms with van der Waals surface area (Å²) < 4.78 is 5.27.